The third-order valence-electron chi connectivity index (χ3n) is 7.23. The lowest BCUT2D eigenvalue weighted by Crippen LogP contribution is -2.50. The van der Waals surface area contributed by atoms with Crippen LogP contribution in [-0.2, 0) is 16.1 Å². The molecule has 0 fully saturated rings. The van der Waals surface area contributed by atoms with Crippen molar-refractivity contribution in [1.82, 2.24) is 10.2 Å². The van der Waals surface area contributed by atoms with E-state index in [4.69, 9.17) is 4.74 Å². The number of aromatic carboxylic acids is 1. The maximum absolute atomic E-state index is 13.4. The minimum absolute atomic E-state index is 0.00431. The normalized spacial score (nSPS) is 12.7. The van der Waals surface area contributed by atoms with Crippen LogP contribution >= 0.6 is 0 Å². The van der Waals surface area contributed by atoms with Gasteiger partial charge in [0, 0.05) is 19.0 Å². The summed E-state index contributed by atoms with van der Waals surface area (Å²) in [5, 5.41) is 24.5. The van der Waals surface area contributed by atoms with Gasteiger partial charge in [-0.15, -0.1) is 0 Å². The number of alkyl carbamates (subject to hydrolysis) is 1. The zero-order chi connectivity index (χ0) is 29.6. The Kier molecular flexibility index (Phi) is 8.50. The molecule has 4 aromatic carbocycles. The fraction of sp³-hybridized carbons (Fsp3) is 0.182. The van der Waals surface area contributed by atoms with Crippen LogP contribution in [0.1, 0.15) is 33.0 Å². The van der Waals surface area contributed by atoms with E-state index in [0.717, 1.165) is 33.9 Å². The summed E-state index contributed by atoms with van der Waals surface area (Å²) in [4.78, 5) is 40.1. The number of nitrogens with zero attached hydrogens (tertiary/aromatic N) is 1. The van der Waals surface area contributed by atoms with E-state index in [0.29, 0.717) is 6.54 Å². The Balaban J connectivity index is 1.31. The van der Waals surface area contributed by atoms with E-state index in [1.807, 2.05) is 90.8 Å². The van der Waals surface area contributed by atoms with Crippen LogP contribution in [0.15, 0.2) is 97.1 Å². The molecule has 0 saturated heterocycles. The lowest BCUT2D eigenvalue weighted by molar-refractivity contribution is -0.118. The summed E-state index contributed by atoms with van der Waals surface area (Å²) < 4.78 is 5.67. The largest absolute Gasteiger partial charge is 0.508 e. The molecule has 4 aromatic rings. The molecule has 1 atom stereocenters. The molecule has 1 aliphatic carbocycles. The average Bonchev–Trinajstić information content (AvgIpc) is 3.30. The van der Waals surface area contributed by atoms with E-state index in [2.05, 4.69) is 10.6 Å². The van der Waals surface area contributed by atoms with Crippen LogP contribution in [-0.4, -0.2) is 59.3 Å². The van der Waals surface area contributed by atoms with Gasteiger partial charge in [-0.2, -0.15) is 0 Å². The van der Waals surface area contributed by atoms with E-state index < -0.39 is 24.0 Å². The third kappa shape index (κ3) is 6.42. The smallest absolute Gasteiger partial charge is 0.407 e. The number of carbonyl (C=O) groups excluding carboxylic acids is 2. The minimum Gasteiger partial charge on any atom is -0.508 e. The van der Waals surface area contributed by atoms with Gasteiger partial charge in [-0.25, -0.2) is 9.59 Å². The van der Waals surface area contributed by atoms with Crippen molar-refractivity contribution in [2.24, 2.45) is 0 Å². The number of fused-ring (bicyclic) bond motifs is 3. The highest BCUT2D eigenvalue weighted by molar-refractivity contribution is 6.03. The van der Waals surface area contributed by atoms with Crippen molar-refractivity contribution in [3.63, 3.8) is 0 Å². The maximum Gasteiger partial charge on any atom is 0.407 e. The van der Waals surface area contributed by atoms with Gasteiger partial charge in [0.25, 0.3) is 0 Å². The Morgan fingerprint density at radius 1 is 0.881 bits per heavy atom. The number of hydrogen-bond donors (Lipinski definition) is 4. The minimum atomic E-state index is -1.32. The van der Waals surface area contributed by atoms with Gasteiger partial charge >= 0.3 is 12.1 Å². The summed E-state index contributed by atoms with van der Waals surface area (Å²) in [5.41, 5.74) is 5.08. The number of phenols is 1. The standard InChI is InChI=1S/C33H31N3O6/c1-36(18-21-9-3-2-4-10-21)19-30(31(38)34-29-16-15-22(37)17-27(29)32(39)40)35-33(41)42-20-28-25-13-7-5-11-23(25)24-12-6-8-14-26(24)28/h2-17,28,30,37H,18-20H2,1H3,(H,34,38)(H,35,41)(H,39,40). The quantitative estimate of drug-likeness (QED) is 0.198. The number of carbonyl (C=O) groups is 3. The number of anilines is 1. The lowest BCUT2D eigenvalue weighted by atomic mass is 9.98. The molecule has 5 rings (SSSR count). The SMILES string of the molecule is CN(Cc1ccccc1)CC(NC(=O)OCC1c2ccccc2-c2ccccc21)C(=O)Nc1ccc(O)cc1C(=O)O. The second-order valence-electron chi connectivity index (χ2n) is 10.2. The van der Waals surface area contributed by atoms with Crippen LogP contribution in [0.2, 0.25) is 0 Å². The lowest BCUT2D eigenvalue weighted by Gasteiger charge is -2.25. The number of rotatable bonds is 10. The Morgan fingerprint density at radius 3 is 2.14 bits per heavy atom. The Hall–Kier alpha value is -5.15. The molecule has 9 nitrogen and oxygen atoms in total. The average molecular weight is 566 g/mol. The molecule has 0 aliphatic heterocycles. The zero-order valence-electron chi connectivity index (χ0n) is 23.0. The number of amides is 2. The second-order valence-corrected chi connectivity index (χ2v) is 10.2. The molecule has 0 saturated carbocycles. The summed E-state index contributed by atoms with van der Waals surface area (Å²) in [6, 6.07) is 28.2. The summed E-state index contributed by atoms with van der Waals surface area (Å²) in [7, 11) is 1.82. The number of ether oxygens (including phenoxy) is 1. The predicted octanol–water partition coefficient (Wildman–Crippen LogP) is 5.07. The van der Waals surface area contributed by atoms with E-state index >= 15 is 0 Å². The molecule has 9 heteroatoms. The number of carboxylic acid groups (broad SMARTS) is 1. The van der Waals surface area contributed by atoms with Gasteiger partial charge < -0.3 is 25.6 Å². The van der Waals surface area contributed by atoms with Gasteiger partial charge in [0.05, 0.1) is 11.3 Å². The third-order valence-corrected chi connectivity index (χ3v) is 7.23. The fourth-order valence-electron chi connectivity index (χ4n) is 5.29. The second kappa shape index (κ2) is 12.6. The van der Waals surface area contributed by atoms with Crippen LogP contribution in [0, 0.1) is 0 Å². The number of carboxylic acids is 1. The highest BCUT2D eigenvalue weighted by Crippen LogP contribution is 2.44. The molecule has 1 unspecified atom stereocenters. The van der Waals surface area contributed by atoms with Gasteiger partial charge in [-0.1, -0.05) is 78.9 Å². The van der Waals surface area contributed by atoms with E-state index in [-0.39, 0.29) is 36.1 Å². The first kappa shape index (κ1) is 28.4. The number of nitrogens with one attached hydrogen (secondary N) is 2. The molecular formula is C33H31N3O6. The Morgan fingerprint density at radius 2 is 1.50 bits per heavy atom. The van der Waals surface area contributed by atoms with E-state index in [1.165, 1.54) is 12.1 Å². The topological polar surface area (TPSA) is 128 Å². The van der Waals surface area contributed by atoms with Crippen molar-refractivity contribution >= 4 is 23.7 Å². The van der Waals surface area contributed by atoms with E-state index in [1.54, 1.807) is 0 Å². The summed E-state index contributed by atoms with van der Waals surface area (Å²) in [6.07, 6.45) is -0.769. The van der Waals surface area contributed by atoms with Gasteiger partial charge in [-0.05, 0) is 53.1 Å². The van der Waals surface area contributed by atoms with Crippen molar-refractivity contribution in [2.75, 3.05) is 25.5 Å². The number of aromatic hydroxyl groups is 1. The molecule has 2 amide bonds. The van der Waals surface area contributed by atoms with Crippen LogP contribution in [0.5, 0.6) is 5.75 Å². The molecule has 0 radical (unpaired) electrons. The molecule has 214 valence electrons. The van der Waals surface area contributed by atoms with Crippen molar-refractivity contribution in [2.45, 2.75) is 18.5 Å². The summed E-state index contributed by atoms with van der Waals surface area (Å²) in [6.45, 7) is 0.706. The monoisotopic (exact) mass is 565 g/mol. The van der Waals surface area contributed by atoms with E-state index in [9.17, 15) is 24.6 Å². The molecule has 42 heavy (non-hydrogen) atoms. The number of likely N-dealkylation sites (N-methyl/N-ethyl adjacent to an activating group) is 1. The summed E-state index contributed by atoms with van der Waals surface area (Å²) in [5.74, 6) is -2.34. The van der Waals surface area contributed by atoms with Gasteiger partial charge in [0.1, 0.15) is 18.4 Å². The van der Waals surface area contributed by atoms with Crippen LogP contribution in [0.25, 0.3) is 11.1 Å². The molecule has 0 bridgehead atoms. The Labute approximate surface area is 243 Å². The van der Waals surface area contributed by atoms with Gasteiger partial charge in [0.15, 0.2) is 0 Å². The maximum atomic E-state index is 13.4. The molecule has 4 N–H and O–H groups in total. The number of hydrogen-bond acceptors (Lipinski definition) is 6. The van der Waals surface area contributed by atoms with Gasteiger partial charge in [0.2, 0.25) is 5.91 Å². The molecule has 0 aromatic heterocycles. The molecule has 0 spiro atoms. The van der Waals surface area contributed by atoms with Crippen molar-refractivity contribution < 1.29 is 29.3 Å². The first-order chi connectivity index (χ1) is 20.3. The number of benzene rings is 4. The molecule has 1 aliphatic rings. The predicted molar refractivity (Wildman–Crippen MR) is 158 cm³/mol. The van der Waals surface area contributed by atoms with Crippen LogP contribution < -0.4 is 10.6 Å². The Bertz CT molecular complexity index is 1560. The number of phenolic OH excluding ortho intramolecular Hbond substituents is 1. The van der Waals surface area contributed by atoms with Crippen molar-refractivity contribution in [3.8, 4) is 16.9 Å². The van der Waals surface area contributed by atoms with Crippen molar-refractivity contribution in [3.05, 3.63) is 119 Å². The van der Waals surface area contributed by atoms with Crippen LogP contribution in [0.3, 0.4) is 0 Å². The zero-order valence-corrected chi connectivity index (χ0v) is 23.0. The first-order valence-corrected chi connectivity index (χ1v) is 13.5. The fourth-order valence-corrected chi connectivity index (χ4v) is 5.29. The molecule has 0 heterocycles. The summed E-state index contributed by atoms with van der Waals surface area (Å²) >= 11 is 0. The van der Waals surface area contributed by atoms with Crippen molar-refractivity contribution in [1.29, 1.82) is 0 Å². The highest BCUT2D eigenvalue weighted by Gasteiger charge is 2.30. The highest BCUT2D eigenvalue weighted by atomic mass is 16.5. The first-order valence-electron chi connectivity index (χ1n) is 13.5. The van der Waals surface area contributed by atoms with Crippen LogP contribution in [0.4, 0.5) is 10.5 Å². The molecular weight excluding hydrogens is 534 g/mol. The van der Waals surface area contributed by atoms with Gasteiger partial charge in [-0.3, -0.25) is 9.69 Å².